The molecule has 1 aromatic heterocycles. The van der Waals surface area contributed by atoms with Crippen molar-refractivity contribution in [1.29, 1.82) is 0 Å². The predicted octanol–water partition coefficient (Wildman–Crippen LogP) is 1.38. The lowest BCUT2D eigenvalue weighted by molar-refractivity contribution is -0.120. The minimum atomic E-state index is 0.0413. The van der Waals surface area contributed by atoms with Crippen LogP contribution in [0.3, 0.4) is 0 Å². The van der Waals surface area contributed by atoms with Crippen molar-refractivity contribution in [1.82, 2.24) is 25.5 Å². The zero-order valence-electron chi connectivity index (χ0n) is 14.1. The van der Waals surface area contributed by atoms with E-state index in [2.05, 4.69) is 34.7 Å². The molecule has 0 spiro atoms. The van der Waals surface area contributed by atoms with Crippen molar-refractivity contribution in [2.24, 2.45) is 11.8 Å². The van der Waals surface area contributed by atoms with Gasteiger partial charge in [-0.25, -0.2) is 4.68 Å². The maximum atomic E-state index is 12.2. The molecule has 24 heavy (non-hydrogen) atoms. The summed E-state index contributed by atoms with van der Waals surface area (Å²) in [4.78, 5) is 12.2. The molecule has 7 nitrogen and oxygen atoms in total. The highest BCUT2D eigenvalue weighted by Crippen LogP contribution is 2.26. The number of aromatic nitrogens is 4. The molecule has 0 saturated carbocycles. The van der Waals surface area contributed by atoms with Crippen LogP contribution in [-0.2, 0) is 16.0 Å². The van der Waals surface area contributed by atoms with E-state index in [1.165, 1.54) is 6.33 Å². The first-order chi connectivity index (χ1) is 11.6. The lowest BCUT2D eigenvalue weighted by atomic mass is 9.93. The summed E-state index contributed by atoms with van der Waals surface area (Å²) in [5, 5.41) is 14.1. The van der Waals surface area contributed by atoms with Gasteiger partial charge in [0.15, 0.2) is 0 Å². The fraction of sp³-hybridized carbons (Fsp3) is 0.529. The fourth-order valence-electron chi connectivity index (χ4n) is 3.15. The summed E-state index contributed by atoms with van der Waals surface area (Å²) in [5.41, 5.74) is 1.83. The standard InChI is InChI=1S/C17H23N5O2/c1-12(2)17-14(7-8-24-17)10-18-16(23)9-13-3-5-15(6-4-13)22-11-19-20-21-22/h3-6,11-12,14,17H,7-10H2,1-2H3,(H,18,23)/t14-,17-/m1/s1. The number of carbonyl (C=O) groups is 1. The predicted molar refractivity (Wildman–Crippen MR) is 88.6 cm³/mol. The van der Waals surface area contributed by atoms with Gasteiger partial charge in [0, 0.05) is 19.1 Å². The highest BCUT2D eigenvalue weighted by molar-refractivity contribution is 5.78. The van der Waals surface area contributed by atoms with Crippen LogP contribution in [0.4, 0.5) is 0 Å². The molecule has 1 N–H and O–H groups in total. The Morgan fingerprint density at radius 3 is 2.83 bits per heavy atom. The van der Waals surface area contributed by atoms with Gasteiger partial charge >= 0.3 is 0 Å². The SMILES string of the molecule is CC(C)[C@H]1OCC[C@@H]1CNC(=O)Cc1ccc(-n2cnnn2)cc1. The van der Waals surface area contributed by atoms with E-state index >= 15 is 0 Å². The molecule has 0 bridgehead atoms. The van der Waals surface area contributed by atoms with E-state index in [1.807, 2.05) is 24.3 Å². The van der Waals surface area contributed by atoms with Crippen LogP contribution in [0, 0.1) is 11.8 Å². The van der Waals surface area contributed by atoms with Crippen LogP contribution in [0.5, 0.6) is 0 Å². The summed E-state index contributed by atoms with van der Waals surface area (Å²) in [6, 6.07) is 7.65. The number of hydrogen-bond donors (Lipinski definition) is 1. The zero-order valence-corrected chi connectivity index (χ0v) is 14.1. The molecular formula is C17H23N5O2. The average molecular weight is 329 g/mol. The minimum absolute atomic E-state index is 0.0413. The summed E-state index contributed by atoms with van der Waals surface area (Å²) in [6.07, 6.45) is 3.18. The van der Waals surface area contributed by atoms with E-state index in [1.54, 1.807) is 4.68 Å². The van der Waals surface area contributed by atoms with E-state index in [4.69, 9.17) is 4.74 Å². The van der Waals surface area contributed by atoms with Gasteiger partial charge in [0.25, 0.3) is 0 Å². The maximum Gasteiger partial charge on any atom is 0.224 e. The Hall–Kier alpha value is -2.28. The summed E-state index contributed by atoms with van der Waals surface area (Å²) in [5.74, 6) is 0.934. The zero-order chi connectivity index (χ0) is 16.9. The molecule has 1 aliphatic rings. The van der Waals surface area contributed by atoms with Gasteiger partial charge in [-0.05, 0) is 40.5 Å². The van der Waals surface area contributed by atoms with Crippen LogP contribution in [0.25, 0.3) is 5.69 Å². The van der Waals surface area contributed by atoms with Crippen molar-refractivity contribution < 1.29 is 9.53 Å². The Morgan fingerprint density at radius 2 is 2.17 bits per heavy atom. The van der Waals surface area contributed by atoms with Gasteiger partial charge in [-0.3, -0.25) is 4.79 Å². The lowest BCUT2D eigenvalue weighted by Crippen LogP contribution is -2.35. The monoisotopic (exact) mass is 329 g/mol. The van der Waals surface area contributed by atoms with Gasteiger partial charge in [0.2, 0.25) is 5.91 Å². The van der Waals surface area contributed by atoms with E-state index in [9.17, 15) is 4.79 Å². The molecule has 1 fully saturated rings. The fourth-order valence-corrected chi connectivity index (χ4v) is 3.15. The van der Waals surface area contributed by atoms with Crippen LogP contribution in [-0.4, -0.2) is 45.4 Å². The molecular weight excluding hydrogens is 306 g/mol. The lowest BCUT2D eigenvalue weighted by Gasteiger charge is -2.22. The van der Waals surface area contributed by atoms with E-state index < -0.39 is 0 Å². The van der Waals surface area contributed by atoms with E-state index in [0.29, 0.717) is 24.8 Å². The molecule has 1 amide bonds. The Bertz CT molecular complexity index is 654. The highest BCUT2D eigenvalue weighted by Gasteiger charge is 2.30. The number of nitrogens with one attached hydrogen (secondary N) is 1. The first-order valence-electron chi connectivity index (χ1n) is 8.34. The second-order valence-corrected chi connectivity index (χ2v) is 6.53. The normalized spacial score (nSPS) is 20.5. The largest absolute Gasteiger partial charge is 0.378 e. The number of tetrazole rings is 1. The Kier molecular flexibility index (Phi) is 5.20. The van der Waals surface area contributed by atoms with Gasteiger partial charge in [0.1, 0.15) is 6.33 Å². The van der Waals surface area contributed by atoms with E-state index in [-0.39, 0.29) is 12.0 Å². The van der Waals surface area contributed by atoms with Crippen LogP contribution >= 0.6 is 0 Å². The summed E-state index contributed by atoms with van der Waals surface area (Å²) in [7, 11) is 0. The molecule has 2 heterocycles. The molecule has 7 heteroatoms. The van der Waals surface area contributed by atoms with Gasteiger partial charge < -0.3 is 10.1 Å². The van der Waals surface area contributed by atoms with E-state index in [0.717, 1.165) is 24.3 Å². The molecule has 128 valence electrons. The third kappa shape index (κ3) is 3.97. The average Bonchev–Trinajstić information content (AvgIpc) is 3.25. The van der Waals surface area contributed by atoms with Crippen LogP contribution < -0.4 is 5.32 Å². The smallest absolute Gasteiger partial charge is 0.224 e. The van der Waals surface area contributed by atoms with Crippen molar-refractivity contribution in [3.8, 4) is 5.69 Å². The molecule has 1 aromatic carbocycles. The third-order valence-corrected chi connectivity index (χ3v) is 4.40. The molecule has 0 aliphatic carbocycles. The molecule has 2 atom stereocenters. The second kappa shape index (κ2) is 7.53. The summed E-state index contributed by atoms with van der Waals surface area (Å²) < 4.78 is 7.34. The number of amides is 1. The topological polar surface area (TPSA) is 81.9 Å². The van der Waals surface area contributed by atoms with Gasteiger partial charge in [0.05, 0.1) is 18.2 Å². The van der Waals surface area contributed by atoms with Crippen LogP contribution in [0.1, 0.15) is 25.8 Å². The first-order valence-corrected chi connectivity index (χ1v) is 8.34. The van der Waals surface area contributed by atoms with Crippen molar-refractivity contribution in [3.63, 3.8) is 0 Å². The third-order valence-electron chi connectivity index (χ3n) is 4.40. The molecule has 1 aliphatic heterocycles. The second-order valence-electron chi connectivity index (χ2n) is 6.53. The maximum absolute atomic E-state index is 12.2. The van der Waals surface area contributed by atoms with Gasteiger partial charge in [-0.2, -0.15) is 0 Å². The van der Waals surface area contributed by atoms with Gasteiger partial charge in [-0.1, -0.05) is 26.0 Å². The molecule has 0 radical (unpaired) electrons. The van der Waals surface area contributed by atoms with Crippen molar-refractivity contribution in [3.05, 3.63) is 36.2 Å². The van der Waals surface area contributed by atoms with Crippen LogP contribution in [0.15, 0.2) is 30.6 Å². The molecule has 3 rings (SSSR count). The molecule has 1 saturated heterocycles. The number of nitrogens with zero attached hydrogens (tertiary/aromatic N) is 4. The highest BCUT2D eigenvalue weighted by atomic mass is 16.5. The number of carbonyl (C=O) groups excluding carboxylic acids is 1. The quantitative estimate of drug-likeness (QED) is 0.866. The van der Waals surface area contributed by atoms with Crippen molar-refractivity contribution in [2.75, 3.05) is 13.2 Å². The molecule has 2 aromatic rings. The Morgan fingerprint density at radius 1 is 1.38 bits per heavy atom. The minimum Gasteiger partial charge on any atom is -0.378 e. The number of hydrogen-bond acceptors (Lipinski definition) is 5. The Balaban J connectivity index is 1.50. The number of rotatable bonds is 6. The van der Waals surface area contributed by atoms with Crippen molar-refractivity contribution >= 4 is 5.91 Å². The van der Waals surface area contributed by atoms with Crippen molar-refractivity contribution in [2.45, 2.75) is 32.8 Å². The van der Waals surface area contributed by atoms with Gasteiger partial charge in [-0.15, -0.1) is 5.10 Å². The molecule has 0 unspecified atom stereocenters. The Labute approximate surface area is 141 Å². The first kappa shape index (κ1) is 16.6. The summed E-state index contributed by atoms with van der Waals surface area (Å²) >= 11 is 0. The van der Waals surface area contributed by atoms with Crippen LogP contribution in [0.2, 0.25) is 0 Å². The number of benzene rings is 1. The summed E-state index contributed by atoms with van der Waals surface area (Å²) in [6.45, 7) is 5.81. The number of ether oxygens (including phenoxy) is 1.